The van der Waals surface area contributed by atoms with Crippen LogP contribution in [-0.4, -0.2) is 13.0 Å². The summed E-state index contributed by atoms with van der Waals surface area (Å²) in [4.78, 5) is 12.1. The van der Waals surface area contributed by atoms with Crippen molar-refractivity contribution in [3.63, 3.8) is 0 Å². The number of methoxy groups -OCH3 is 1. The molecule has 2 rings (SSSR count). The predicted octanol–water partition coefficient (Wildman–Crippen LogP) is 2.68. The smallest absolute Gasteiger partial charge is 0.255 e. The van der Waals surface area contributed by atoms with Gasteiger partial charge in [0.2, 0.25) is 0 Å². The molecule has 0 radical (unpaired) electrons. The summed E-state index contributed by atoms with van der Waals surface area (Å²) in [6.45, 7) is 0.0277. The minimum absolute atomic E-state index is 0.0237. The summed E-state index contributed by atoms with van der Waals surface area (Å²) >= 11 is 0. The Morgan fingerprint density at radius 1 is 1.19 bits per heavy atom. The van der Waals surface area contributed by atoms with Crippen LogP contribution >= 0.6 is 0 Å². The number of benzene rings is 2. The van der Waals surface area contributed by atoms with E-state index in [2.05, 4.69) is 5.32 Å². The first-order chi connectivity index (χ1) is 10.0. The maximum atomic E-state index is 13.3. The Labute approximate surface area is 120 Å². The number of ether oxygens (including phenoxy) is 1. The molecule has 0 bridgehead atoms. The third kappa shape index (κ3) is 3.35. The van der Waals surface area contributed by atoms with E-state index in [9.17, 15) is 13.6 Å². The molecule has 0 aliphatic heterocycles. The van der Waals surface area contributed by atoms with Crippen molar-refractivity contribution in [3.8, 4) is 5.75 Å². The second kappa shape index (κ2) is 6.32. The molecular weight excluding hydrogens is 278 g/mol. The quantitative estimate of drug-likeness (QED) is 0.910. The van der Waals surface area contributed by atoms with Crippen molar-refractivity contribution in [2.24, 2.45) is 5.73 Å². The van der Waals surface area contributed by atoms with Crippen LogP contribution in [0.2, 0.25) is 0 Å². The molecule has 0 spiro atoms. The number of nitrogens with two attached hydrogens (primary N) is 1. The Morgan fingerprint density at radius 2 is 1.90 bits per heavy atom. The number of carbonyl (C=O) groups is 1. The van der Waals surface area contributed by atoms with E-state index in [4.69, 9.17) is 10.5 Å². The van der Waals surface area contributed by atoms with E-state index in [1.165, 1.54) is 37.4 Å². The van der Waals surface area contributed by atoms with E-state index in [1.54, 1.807) is 0 Å². The number of hydrogen-bond donors (Lipinski definition) is 2. The summed E-state index contributed by atoms with van der Waals surface area (Å²) in [5.74, 6) is -1.47. The Morgan fingerprint density at radius 3 is 2.57 bits per heavy atom. The lowest BCUT2D eigenvalue weighted by molar-refractivity contribution is 0.102. The average molecular weight is 292 g/mol. The van der Waals surface area contributed by atoms with Gasteiger partial charge in [0.05, 0.1) is 7.11 Å². The minimum atomic E-state index is -0.554. The van der Waals surface area contributed by atoms with Gasteiger partial charge in [0.1, 0.15) is 5.82 Å². The fourth-order valence-corrected chi connectivity index (χ4v) is 1.81. The number of anilines is 1. The summed E-state index contributed by atoms with van der Waals surface area (Å²) < 4.78 is 31.4. The third-order valence-electron chi connectivity index (χ3n) is 2.94. The van der Waals surface area contributed by atoms with E-state index in [0.29, 0.717) is 11.3 Å². The maximum Gasteiger partial charge on any atom is 0.255 e. The molecule has 0 aromatic heterocycles. The Bertz CT molecular complexity index is 675. The second-order valence-electron chi connectivity index (χ2n) is 4.31. The first-order valence-electron chi connectivity index (χ1n) is 6.18. The summed E-state index contributed by atoms with van der Waals surface area (Å²) in [5.41, 5.74) is 6.34. The summed E-state index contributed by atoms with van der Waals surface area (Å²) in [6.07, 6.45) is 0. The average Bonchev–Trinajstić information content (AvgIpc) is 2.49. The zero-order chi connectivity index (χ0) is 15.4. The molecule has 0 atom stereocenters. The Kier molecular flexibility index (Phi) is 4.49. The van der Waals surface area contributed by atoms with E-state index < -0.39 is 17.5 Å². The van der Waals surface area contributed by atoms with Gasteiger partial charge in [0.15, 0.2) is 11.6 Å². The zero-order valence-corrected chi connectivity index (χ0v) is 11.3. The number of rotatable bonds is 4. The predicted molar refractivity (Wildman–Crippen MR) is 75.2 cm³/mol. The molecule has 21 heavy (non-hydrogen) atoms. The van der Waals surface area contributed by atoms with Crippen LogP contribution in [0.1, 0.15) is 15.9 Å². The molecule has 0 heterocycles. The van der Waals surface area contributed by atoms with Crippen molar-refractivity contribution in [3.05, 3.63) is 59.2 Å². The number of amides is 1. The SMILES string of the molecule is COc1cc(C(=O)Nc2ccc(F)c(CN)c2)ccc1F. The molecule has 110 valence electrons. The lowest BCUT2D eigenvalue weighted by Crippen LogP contribution is -2.13. The molecule has 2 aromatic carbocycles. The summed E-state index contributed by atoms with van der Waals surface area (Å²) in [6, 6.07) is 7.87. The number of nitrogens with one attached hydrogen (secondary N) is 1. The van der Waals surface area contributed by atoms with Crippen molar-refractivity contribution in [1.29, 1.82) is 0 Å². The maximum absolute atomic E-state index is 13.3. The van der Waals surface area contributed by atoms with Crippen LogP contribution in [0.15, 0.2) is 36.4 Å². The molecule has 0 saturated heterocycles. The van der Waals surface area contributed by atoms with Crippen LogP contribution in [-0.2, 0) is 6.54 Å². The fraction of sp³-hybridized carbons (Fsp3) is 0.133. The molecule has 0 saturated carbocycles. The van der Waals surface area contributed by atoms with Gasteiger partial charge in [0.25, 0.3) is 5.91 Å². The van der Waals surface area contributed by atoms with Gasteiger partial charge < -0.3 is 15.8 Å². The fourth-order valence-electron chi connectivity index (χ4n) is 1.81. The molecule has 0 unspecified atom stereocenters. The molecular formula is C15H14F2N2O2. The van der Waals surface area contributed by atoms with Crippen molar-refractivity contribution >= 4 is 11.6 Å². The lowest BCUT2D eigenvalue weighted by Gasteiger charge is -2.09. The first kappa shape index (κ1) is 14.9. The van der Waals surface area contributed by atoms with Crippen LogP contribution < -0.4 is 15.8 Å². The summed E-state index contributed by atoms with van der Waals surface area (Å²) in [7, 11) is 1.31. The zero-order valence-electron chi connectivity index (χ0n) is 11.3. The van der Waals surface area contributed by atoms with Gasteiger partial charge in [-0.25, -0.2) is 8.78 Å². The molecule has 0 aliphatic rings. The number of carbonyl (C=O) groups excluding carboxylic acids is 1. The molecule has 1 amide bonds. The van der Waals surface area contributed by atoms with E-state index >= 15 is 0 Å². The van der Waals surface area contributed by atoms with E-state index in [1.807, 2.05) is 0 Å². The first-order valence-corrected chi connectivity index (χ1v) is 6.18. The van der Waals surface area contributed by atoms with E-state index in [0.717, 1.165) is 6.07 Å². The Hall–Kier alpha value is -2.47. The highest BCUT2D eigenvalue weighted by Crippen LogP contribution is 2.20. The number of hydrogen-bond acceptors (Lipinski definition) is 3. The van der Waals surface area contributed by atoms with Gasteiger partial charge in [-0.3, -0.25) is 4.79 Å². The van der Waals surface area contributed by atoms with Crippen LogP contribution in [0.5, 0.6) is 5.75 Å². The van der Waals surface area contributed by atoms with E-state index in [-0.39, 0.29) is 17.9 Å². The van der Waals surface area contributed by atoms with Crippen LogP contribution in [0.4, 0.5) is 14.5 Å². The largest absolute Gasteiger partial charge is 0.494 e. The van der Waals surface area contributed by atoms with Gasteiger partial charge in [0, 0.05) is 23.4 Å². The molecule has 2 aromatic rings. The van der Waals surface area contributed by atoms with Crippen LogP contribution in [0, 0.1) is 11.6 Å². The van der Waals surface area contributed by atoms with Gasteiger partial charge >= 0.3 is 0 Å². The standard InChI is InChI=1S/C15H14F2N2O2/c1-21-14-7-9(2-4-13(14)17)15(20)19-11-3-5-12(16)10(6-11)8-18/h2-7H,8,18H2,1H3,(H,19,20). The molecule has 0 fully saturated rings. The molecule has 3 N–H and O–H groups in total. The van der Waals surface area contributed by atoms with Crippen LogP contribution in [0.3, 0.4) is 0 Å². The molecule has 6 heteroatoms. The monoisotopic (exact) mass is 292 g/mol. The van der Waals surface area contributed by atoms with Gasteiger partial charge in [-0.2, -0.15) is 0 Å². The van der Waals surface area contributed by atoms with Gasteiger partial charge in [-0.05, 0) is 36.4 Å². The topological polar surface area (TPSA) is 64.3 Å². The third-order valence-corrected chi connectivity index (χ3v) is 2.94. The lowest BCUT2D eigenvalue weighted by atomic mass is 10.1. The van der Waals surface area contributed by atoms with Gasteiger partial charge in [-0.1, -0.05) is 0 Å². The minimum Gasteiger partial charge on any atom is -0.494 e. The van der Waals surface area contributed by atoms with Crippen molar-refractivity contribution in [2.75, 3.05) is 12.4 Å². The molecule has 0 aliphatic carbocycles. The molecule has 4 nitrogen and oxygen atoms in total. The number of halogens is 2. The summed E-state index contributed by atoms with van der Waals surface area (Å²) in [5, 5.41) is 2.59. The highest BCUT2D eigenvalue weighted by Gasteiger charge is 2.11. The van der Waals surface area contributed by atoms with Gasteiger partial charge in [-0.15, -0.1) is 0 Å². The highest BCUT2D eigenvalue weighted by atomic mass is 19.1. The van der Waals surface area contributed by atoms with Crippen molar-refractivity contribution in [1.82, 2.24) is 0 Å². The van der Waals surface area contributed by atoms with Crippen molar-refractivity contribution in [2.45, 2.75) is 6.54 Å². The Balaban J connectivity index is 2.21. The normalized spacial score (nSPS) is 10.3. The van der Waals surface area contributed by atoms with Crippen molar-refractivity contribution < 1.29 is 18.3 Å². The second-order valence-corrected chi connectivity index (χ2v) is 4.31. The van der Waals surface area contributed by atoms with Crippen LogP contribution in [0.25, 0.3) is 0 Å². The highest BCUT2D eigenvalue weighted by molar-refractivity contribution is 6.04.